The normalized spacial score (nSPS) is 15.2. The van der Waals surface area contributed by atoms with Crippen LogP contribution in [0.2, 0.25) is 0 Å². The van der Waals surface area contributed by atoms with E-state index in [4.69, 9.17) is 4.42 Å². The van der Waals surface area contributed by atoms with E-state index in [-0.39, 0.29) is 0 Å². The molecule has 4 heteroatoms. The molecule has 1 aromatic heterocycles. The number of aliphatic hydroxyl groups excluding tert-OH is 1. The van der Waals surface area contributed by atoms with Gasteiger partial charge in [-0.2, -0.15) is 0 Å². The van der Waals surface area contributed by atoms with Gasteiger partial charge >= 0.3 is 0 Å². The number of hydrogen-bond donors (Lipinski definition) is 2. The topological polar surface area (TPSA) is 45.4 Å². The third kappa shape index (κ3) is 1.94. The number of aliphatic hydroxyl groups is 1. The molecule has 16 heavy (non-hydrogen) atoms. The summed E-state index contributed by atoms with van der Waals surface area (Å²) in [6.07, 6.45) is 0.718. The van der Waals surface area contributed by atoms with Crippen molar-refractivity contribution in [3.05, 3.63) is 36.1 Å². The summed E-state index contributed by atoms with van der Waals surface area (Å²) in [5, 5.41) is 13.6. The van der Waals surface area contributed by atoms with Crippen molar-refractivity contribution in [3.63, 3.8) is 0 Å². The lowest BCUT2D eigenvalue weighted by Crippen LogP contribution is -2.33. The maximum Gasteiger partial charge on any atom is 0.134 e. The zero-order chi connectivity index (χ0) is 11.5. The van der Waals surface area contributed by atoms with E-state index in [0.717, 1.165) is 5.39 Å². The molecule has 1 aromatic carbocycles. The van der Waals surface area contributed by atoms with Gasteiger partial charge in [0.05, 0.1) is 18.4 Å². The first-order chi connectivity index (χ1) is 7.76. The Bertz CT molecular complexity index is 465. The van der Waals surface area contributed by atoms with Crippen molar-refractivity contribution in [2.24, 2.45) is 0 Å². The number of alkyl halides is 1. The van der Waals surface area contributed by atoms with Gasteiger partial charge < -0.3 is 14.8 Å². The highest BCUT2D eigenvalue weighted by Gasteiger charge is 2.19. The molecule has 2 rings (SSSR count). The Hall–Kier alpha value is -1.39. The van der Waals surface area contributed by atoms with Crippen molar-refractivity contribution in [2.75, 3.05) is 13.7 Å². The molecule has 0 amide bonds. The summed E-state index contributed by atoms with van der Waals surface area (Å²) in [5.74, 6) is 0. The second-order valence-corrected chi connectivity index (χ2v) is 3.71. The fraction of sp³-hybridized carbons (Fsp3) is 0.333. The monoisotopic (exact) mass is 223 g/mol. The van der Waals surface area contributed by atoms with Crippen LogP contribution in [-0.2, 0) is 0 Å². The Kier molecular flexibility index (Phi) is 3.22. The molecule has 0 fully saturated rings. The van der Waals surface area contributed by atoms with E-state index < -0.39 is 18.8 Å². The van der Waals surface area contributed by atoms with Crippen LogP contribution in [-0.4, -0.2) is 24.9 Å². The summed E-state index contributed by atoms with van der Waals surface area (Å²) in [4.78, 5) is 0. The van der Waals surface area contributed by atoms with Gasteiger partial charge in [-0.05, 0) is 24.7 Å². The van der Waals surface area contributed by atoms with Gasteiger partial charge in [-0.25, -0.2) is 4.39 Å². The average Bonchev–Trinajstić information content (AvgIpc) is 2.77. The molecule has 0 saturated carbocycles. The highest BCUT2D eigenvalue weighted by atomic mass is 19.1. The van der Waals surface area contributed by atoms with Crippen molar-refractivity contribution in [1.82, 2.24) is 5.32 Å². The fourth-order valence-corrected chi connectivity index (χ4v) is 1.71. The minimum atomic E-state index is -0.871. The van der Waals surface area contributed by atoms with Crippen LogP contribution in [0.4, 0.5) is 4.39 Å². The summed E-state index contributed by atoms with van der Waals surface area (Å²) < 4.78 is 17.8. The van der Waals surface area contributed by atoms with Crippen molar-refractivity contribution in [2.45, 2.75) is 12.1 Å². The van der Waals surface area contributed by atoms with Gasteiger partial charge in [0.25, 0.3) is 0 Å². The number of halogens is 1. The van der Waals surface area contributed by atoms with Gasteiger partial charge in [0.1, 0.15) is 12.3 Å². The standard InChI is InChI=1S/C12H14FNO2/c1-14-10(7-13)12(15)9-3-2-8-4-5-16-11(8)6-9/h2-6,10,12,14-15H,7H2,1H3. The molecule has 86 valence electrons. The summed E-state index contributed by atoms with van der Waals surface area (Å²) in [6, 6.07) is 6.62. The van der Waals surface area contributed by atoms with Crippen molar-refractivity contribution < 1.29 is 13.9 Å². The van der Waals surface area contributed by atoms with Crippen LogP contribution in [0, 0.1) is 0 Å². The molecule has 0 aliphatic carbocycles. The van der Waals surface area contributed by atoms with E-state index in [1.165, 1.54) is 0 Å². The van der Waals surface area contributed by atoms with Crippen LogP contribution in [0.15, 0.2) is 34.9 Å². The molecule has 2 N–H and O–H groups in total. The second-order valence-electron chi connectivity index (χ2n) is 3.71. The zero-order valence-electron chi connectivity index (χ0n) is 8.98. The minimum absolute atomic E-state index is 0.590. The summed E-state index contributed by atoms with van der Waals surface area (Å²) >= 11 is 0. The third-order valence-electron chi connectivity index (χ3n) is 2.74. The van der Waals surface area contributed by atoms with Gasteiger partial charge in [-0.3, -0.25) is 0 Å². The summed E-state index contributed by atoms with van der Waals surface area (Å²) in [5.41, 5.74) is 1.35. The van der Waals surface area contributed by atoms with Gasteiger partial charge in [0, 0.05) is 5.39 Å². The van der Waals surface area contributed by atoms with Crippen LogP contribution >= 0.6 is 0 Å². The van der Waals surface area contributed by atoms with Crippen LogP contribution in [0.25, 0.3) is 11.0 Å². The molecule has 0 aliphatic heterocycles. The molecule has 0 radical (unpaired) electrons. The van der Waals surface area contributed by atoms with Crippen LogP contribution < -0.4 is 5.32 Å². The van der Waals surface area contributed by atoms with Crippen molar-refractivity contribution in [3.8, 4) is 0 Å². The lowest BCUT2D eigenvalue weighted by Gasteiger charge is -2.19. The Morgan fingerprint density at radius 2 is 2.25 bits per heavy atom. The van der Waals surface area contributed by atoms with E-state index in [1.54, 1.807) is 25.4 Å². The van der Waals surface area contributed by atoms with E-state index in [0.29, 0.717) is 11.1 Å². The Morgan fingerprint density at radius 1 is 1.44 bits per heavy atom. The maximum atomic E-state index is 12.6. The molecule has 2 atom stereocenters. The quantitative estimate of drug-likeness (QED) is 0.833. The Morgan fingerprint density at radius 3 is 2.94 bits per heavy atom. The smallest absolute Gasteiger partial charge is 0.134 e. The highest BCUT2D eigenvalue weighted by Crippen LogP contribution is 2.23. The van der Waals surface area contributed by atoms with Crippen molar-refractivity contribution >= 4 is 11.0 Å². The molecular formula is C12H14FNO2. The van der Waals surface area contributed by atoms with E-state index in [9.17, 15) is 9.50 Å². The molecule has 0 bridgehead atoms. The molecule has 3 nitrogen and oxygen atoms in total. The molecule has 0 saturated heterocycles. The number of benzene rings is 1. The van der Waals surface area contributed by atoms with E-state index in [2.05, 4.69) is 5.32 Å². The van der Waals surface area contributed by atoms with Gasteiger partial charge in [0.15, 0.2) is 0 Å². The largest absolute Gasteiger partial charge is 0.464 e. The van der Waals surface area contributed by atoms with Gasteiger partial charge in [0.2, 0.25) is 0 Å². The zero-order valence-corrected chi connectivity index (χ0v) is 8.98. The number of rotatable bonds is 4. The Labute approximate surface area is 92.9 Å². The van der Waals surface area contributed by atoms with Crippen molar-refractivity contribution in [1.29, 1.82) is 0 Å². The van der Waals surface area contributed by atoms with Crippen LogP contribution in [0.3, 0.4) is 0 Å². The predicted octanol–water partition coefficient (Wildman–Crippen LogP) is 2.02. The first kappa shape index (κ1) is 11.1. The highest BCUT2D eigenvalue weighted by molar-refractivity contribution is 5.77. The molecule has 2 unspecified atom stereocenters. The van der Waals surface area contributed by atoms with Gasteiger partial charge in [-0.1, -0.05) is 12.1 Å². The Balaban J connectivity index is 2.31. The molecule has 1 heterocycles. The lowest BCUT2D eigenvalue weighted by molar-refractivity contribution is 0.117. The number of furan rings is 1. The predicted molar refractivity (Wildman–Crippen MR) is 60.0 cm³/mol. The summed E-state index contributed by atoms with van der Waals surface area (Å²) in [7, 11) is 1.62. The number of nitrogens with one attached hydrogen (secondary N) is 1. The maximum absolute atomic E-state index is 12.6. The number of fused-ring (bicyclic) bond motifs is 1. The van der Waals surface area contributed by atoms with E-state index in [1.807, 2.05) is 12.1 Å². The van der Waals surface area contributed by atoms with Gasteiger partial charge in [-0.15, -0.1) is 0 Å². The first-order valence-electron chi connectivity index (χ1n) is 5.14. The SMILES string of the molecule is CNC(CF)C(O)c1ccc2ccoc2c1. The lowest BCUT2D eigenvalue weighted by atomic mass is 10.0. The molecule has 2 aromatic rings. The van der Waals surface area contributed by atoms with Crippen LogP contribution in [0.5, 0.6) is 0 Å². The average molecular weight is 223 g/mol. The molecule has 0 aliphatic rings. The number of hydrogen-bond acceptors (Lipinski definition) is 3. The third-order valence-corrected chi connectivity index (χ3v) is 2.74. The molecular weight excluding hydrogens is 209 g/mol. The van der Waals surface area contributed by atoms with E-state index >= 15 is 0 Å². The second kappa shape index (κ2) is 4.63. The minimum Gasteiger partial charge on any atom is -0.464 e. The number of likely N-dealkylation sites (N-methyl/N-ethyl adjacent to an activating group) is 1. The first-order valence-corrected chi connectivity index (χ1v) is 5.14. The summed E-state index contributed by atoms with van der Waals surface area (Å²) in [6.45, 7) is -0.617. The van der Waals surface area contributed by atoms with Crippen LogP contribution in [0.1, 0.15) is 11.7 Å². The fourth-order valence-electron chi connectivity index (χ4n) is 1.71. The molecule has 0 spiro atoms.